The molecule has 0 amide bonds. The average Bonchev–Trinajstić information content (AvgIpc) is 2.44. The fourth-order valence-electron chi connectivity index (χ4n) is 2.07. The van der Waals surface area contributed by atoms with Gasteiger partial charge in [0.15, 0.2) is 0 Å². The van der Waals surface area contributed by atoms with Gasteiger partial charge in [-0.15, -0.1) is 0 Å². The smallest absolute Gasteiger partial charge is 0.124 e. The van der Waals surface area contributed by atoms with Crippen LogP contribution < -0.4 is 21.7 Å². The van der Waals surface area contributed by atoms with E-state index in [2.05, 4.69) is 21.4 Å². The van der Waals surface area contributed by atoms with Crippen LogP contribution in [0.3, 0.4) is 0 Å². The summed E-state index contributed by atoms with van der Waals surface area (Å²) < 4.78 is 19.6. The van der Waals surface area contributed by atoms with E-state index in [4.69, 9.17) is 16.3 Å². The van der Waals surface area contributed by atoms with Gasteiger partial charge in [0.1, 0.15) is 11.6 Å². The van der Waals surface area contributed by atoms with Gasteiger partial charge in [0, 0.05) is 15.7 Å². The van der Waals surface area contributed by atoms with E-state index in [0.29, 0.717) is 17.0 Å². The third-order valence-electron chi connectivity index (χ3n) is 3.03. The minimum atomic E-state index is -0.474. The van der Waals surface area contributed by atoms with Crippen molar-refractivity contribution in [2.75, 3.05) is 12.8 Å². The molecule has 0 aliphatic carbocycles. The second-order valence-electron chi connectivity index (χ2n) is 4.26. The summed E-state index contributed by atoms with van der Waals surface area (Å²) in [6, 6.07) is 9.22. The molecule has 106 valence electrons. The maximum Gasteiger partial charge on any atom is 0.124 e. The normalized spacial score (nSPS) is 12.2. The molecule has 0 spiro atoms. The van der Waals surface area contributed by atoms with Crippen molar-refractivity contribution < 1.29 is 9.13 Å². The number of benzene rings is 2. The molecular formula is C14H15BrFN3O. The standard InChI is InChI=1S/C14H15BrFN3O/c1-20-13-5-3-9(16)7-11(13)14(19-18)10-6-8(15)2-4-12(10)17/h2-7,14,19H,17-18H2,1H3. The first-order valence-electron chi connectivity index (χ1n) is 5.91. The highest BCUT2D eigenvalue weighted by Crippen LogP contribution is 2.34. The van der Waals surface area contributed by atoms with E-state index in [1.165, 1.54) is 19.2 Å². The molecular weight excluding hydrogens is 325 g/mol. The lowest BCUT2D eigenvalue weighted by Crippen LogP contribution is -2.30. The van der Waals surface area contributed by atoms with Crippen molar-refractivity contribution in [3.63, 3.8) is 0 Å². The van der Waals surface area contributed by atoms with E-state index in [1.54, 1.807) is 12.1 Å². The Bertz CT molecular complexity index is 621. The summed E-state index contributed by atoms with van der Waals surface area (Å²) in [5.74, 6) is 5.80. The molecule has 0 bridgehead atoms. The Morgan fingerprint density at radius 3 is 2.60 bits per heavy atom. The monoisotopic (exact) mass is 339 g/mol. The molecule has 0 fully saturated rings. The van der Waals surface area contributed by atoms with Crippen LogP contribution in [0.25, 0.3) is 0 Å². The molecule has 0 radical (unpaired) electrons. The van der Waals surface area contributed by atoms with Crippen LogP contribution in [0.2, 0.25) is 0 Å². The first kappa shape index (κ1) is 14.8. The van der Waals surface area contributed by atoms with Crippen LogP contribution in [-0.4, -0.2) is 7.11 Å². The molecule has 0 aliphatic heterocycles. The lowest BCUT2D eigenvalue weighted by Gasteiger charge is -2.21. The van der Waals surface area contributed by atoms with E-state index >= 15 is 0 Å². The summed E-state index contributed by atoms with van der Waals surface area (Å²) in [5.41, 5.74) is 10.5. The third-order valence-corrected chi connectivity index (χ3v) is 3.52. The molecule has 2 rings (SSSR count). The highest BCUT2D eigenvalue weighted by Gasteiger charge is 2.20. The molecule has 0 saturated heterocycles. The molecule has 4 nitrogen and oxygen atoms in total. The van der Waals surface area contributed by atoms with Gasteiger partial charge in [-0.05, 0) is 42.0 Å². The summed E-state index contributed by atoms with van der Waals surface area (Å²) in [4.78, 5) is 0. The van der Waals surface area contributed by atoms with Crippen LogP contribution in [0.5, 0.6) is 5.75 Å². The quantitative estimate of drug-likeness (QED) is 0.455. The Kier molecular flexibility index (Phi) is 4.59. The molecule has 0 aromatic heterocycles. The predicted molar refractivity (Wildman–Crippen MR) is 80.7 cm³/mol. The number of nitrogen functional groups attached to an aromatic ring is 1. The number of anilines is 1. The topological polar surface area (TPSA) is 73.3 Å². The third kappa shape index (κ3) is 2.92. The van der Waals surface area contributed by atoms with Crippen molar-refractivity contribution in [2.45, 2.75) is 6.04 Å². The summed E-state index contributed by atoms with van der Waals surface area (Å²) in [5, 5.41) is 0. The van der Waals surface area contributed by atoms with Gasteiger partial charge in [0.05, 0.1) is 13.2 Å². The van der Waals surface area contributed by atoms with Crippen LogP contribution in [0.15, 0.2) is 40.9 Å². The molecule has 1 unspecified atom stereocenters. The van der Waals surface area contributed by atoms with Crippen molar-refractivity contribution in [1.82, 2.24) is 5.43 Å². The second kappa shape index (κ2) is 6.21. The minimum Gasteiger partial charge on any atom is -0.496 e. The van der Waals surface area contributed by atoms with E-state index in [9.17, 15) is 4.39 Å². The summed E-state index contributed by atoms with van der Waals surface area (Å²) in [6.45, 7) is 0. The molecule has 0 heterocycles. The van der Waals surface area contributed by atoms with Gasteiger partial charge >= 0.3 is 0 Å². The maximum atomic E-state index is 13.5. The summed E-state index contributed by atoms with van der Waals surface area (Å²) in [6.07, 6.45) is 0. The lowest BCUT2D eigenvalue weighted by molar-refractivity contribution is 0.402. The van der Waals surface area contributed by atoms with Crippen LogP contribution in [0, 0.1) is 5.82 Å². The van der Waals surface area contributed by atoms with Crippen molar-refractivity contribution in [2.24, 2.45) is 5.84 Å². The van der Waals surface area contributed by atoms with Crippen LogP contribution in [0.4, 0.5) is 10.1 Å². The Labute approximate surface area is 125 Å². The molecule has 2 aromatic rings. The number of hydrogen-bond acceptors (Lipinski definition) is 4. The van der Waals surface area contributed by atoms with Gasteiger partial charge in [-0.1, -0.05) is 15.9 Å². The van der Waals surface area contributed by atoms with Gasteiger partial charge in [-0.25, -0.2) is 9.82 Å². The summed E-state index contributed by atoms with van der Waals surface area (Å²) >= 11 is 3.39. The van der Waals surface area contributed by atoms with Crippen molar-refractivity contribution in [3.05, 3.63) is 57.8 Å². The zero-order chi connectivity index (χ0) is 14.7. The number of halogens is 2. The van der Waals surface area contributed by atoms with Crippen molar-refractivity contribution >= 4 is 21.6 Å². The van der Waals surface area contributed by atoms with Gasteiger partial charge in [-0.2, -0.15) is 0 Å². The number of nitrogens with one attached hydrogen (secondary N) is 1. The van der Waals surface area contributed by atoms with Crippen molar-refractivity contribution in [3.8, 4) is 5.75 Å². The Hall–Kier alpha value is -1.63. The predicted octanol–water partition coefficient (Wildman–Crippen LogP) is 2.73. The molecule has 2 aromatic carbocycles. The number of methoxy groups -OCH3 is 1. The fraction of sp³-hybridized carbons (Fsp3) is 0.143. The van der Waals surface area contributed by atoms with E-state index in [1.807, 2.05) is 12.1 Å². The van der Waals surface area contributed by atoms with Crippen LogP contribution >= 0.6 is 15.9 Å². The van der Waals surface area contributed by atoms with E-state index < -0.39 is 6.04 Å². The Morgan fingerprint density at radius 1 is 1.20 bits per heavy atom. The average molecular weight is 340 g/mol. The number of hydrogen-bond donors (Lipinski definition) is 3. The number of rotatable bonds is 4. The highest BCUT2D eigenvalue weighted by molar-refractivity contribution is 9.10. The Morgan fingerprint density at radius 2 is 1.95 bits per heavy atom. The molecule has 20 heavy (non-hydrogen) atoms. The van der Waals surface area contributed by atoms with Crippen LogP contribution in [0.1, 0.15) is 17.2 Å². The molecule has 5 N–H and O–H groups in total. The zero-order valence-corrected chi connectivity index (χ0v) is 12.4. The summed E-state index contributed by atoms with van der Waals surface area (Å²) in [7, 11) is 1.52. The minimum absolute atomic E-state index is 0.366. The van der Waals surface area contributed by atoms with Gasteiger partial charge < -0.3 is 10.5 Å². The van der Waals surface area contributed by atoms with E-state index in [0.717, 1.165) is 10.0 Å². The second-order valence-corrected chi connectivity index (χ2v) is 5.17. The van der Waals surface area contributed by atoms with Gasteiger partial charge in [-0.3, -0.25) is 5.84 Å². The number of hydrazine groups is 1. The molecule has 6 heteroatoms. The first-order chi connectivity index (χ1) is 9.56. The van der Waals surface area contributed by atoms with Gasteiger partial charge in [0.2, 0.25) is 0 Å². The zero-order valence-electron chi connectivity index (χ0n) is 10.9. The highest BCUT2D eigenvalue weighted by atomic mass is 79.9. The van der Waals surface area contributed by atoms with E-state index in [-0.39, 0.29) is 5.82 Å². The number of nitrogens with two attached hydrogens (primary N) is 2. The molecule has 0 saturated carbocycles. The molecule has 1 atom stereocenters. The largest absolute Gasteiger partial charge is 0.496 e. The van der Waals surface area contributed by atoms with Crippen LogP contribution in [-0.2, 0) is 0 Å². The Balaban J connectivity index is 2.57. The fourth-order valence-corrected chi connectivity index (χ4v) is 2.45. The molecule has 0 aliphatic rings. The van der Waals surface area contributed by atoms with Crippen molar-refractivity contribution in [1.29, 1.82) is 0 Å². The first-order valence-corrected chi connectivity index (χ1v) is 6.70. The SMILES string of the molecule is COc1ccc(F)cc1C(NN)c1cc(Br)ccc1N. The maximum absolute atomic E-state index is 13.5. The lowest BCUT2D eigenvalue weighted by atomic mass is 9.97. The van der Waals surface area contributed by atoms with Gasteiger partial charge in [0.25, 0.3) is 0 Å². The number of ether oxygens (including phenoxy) is 1.